The van der Waals surface area contributed by atoms with Crippen LogP contribution < -0.4 is 14.8 Å². The van der Waals surface area contributed by atoms with Crippen molar-refractivity contribution in [3.8, 4) is 11.6 Å². The van der Waals surface area contributed by atoms with Crippen LogP contribution in [0.5, 0.6) is 11.6 Å². The Bertz CT molecular complexity index is 1180. The Morgan fingerprint density at radius 1 is 1.29 bits per heavy atom. The van der Waals surface area contributed by atoms with E-state index in [1.165, 1.54) is 19.2 Å². The number of ether oxygens (including phenoxy) is 2. The molecule has 3 aromatic rings. The second kappa shape index (κ2) is 10.3. The van der Waals surface area contributed by atoms with Crippen molar-refractivity contribution in [2.45, 2.75) is 39.0 Å². The maximum absolute atomic E-state index is 12.8. The molecule has 2 aromatic heterocycles. The van der Waals surface area contributed by atoms with Gasteiger partial charge in [-0.1, -0.05) is 6.07 Å². The number of nitrogens with zero attached hydrogens (tertiary/aromatic N) is 3. The van der Waals surface area contributed by atoms with E-state index >= 15 is 0 Å². The van der Waals surface area contributed by atoms with Gasteiger partial charge in [-0.2, -0.15) is 13.2 Å². The molecule has 0 bridgehead atoms. The Morgan fingerprint density at radius 3 is 2.71 bits per heavy atom. The summed E-state index contributed by atoms with van der Waals surface area (Å²) in [6, 6.07) is 4.39. The molecular formula is C23H27F3N4O4. The molecule has 2 N–H and O–H groups in total. The van der Waals surface area contributed by atoms with Gasteiger partial charge in [0.15, 0.2) is 5.65 Å². The Hall–Kier alpha value is -3.34. The summed E-state index contributed by atoms with van der Waals surface area (Å²) in [5.74, 6) is 0.173. The molecule has 1 atom stereocenters. The minimum absolute atomic E-state index is 0.0140. The van der Waals surface area contributed by atoms with E-state index in [9.17, 15) is 23.1 Å². The Balaban J connectivity index is 1.52. The van der Waals surface area contributed by atoms with Gasteiger partial charge in [-0.15, -0.1) is 5.10 Å². The second-order valence-corrected chi connectivity index (χ2v) is 7.93. The molecule has 3 rings (SSSR count). The number of carbonyl (C=O) groups excluding carboxylic acids is 1. The third-order valence-electron chi connectivity index (χ3n) is 5.46. The average molecular weight is 480 g/mol. The molecule has 0 aliphatic heterocycles. The van der Waals surface area contributed by atoms with Gasteiger partial charge in [0.05, 0.1) is 18.1 Å². The smallest absolute Gasteiger partial charge is 0.416 e. The highest BCUT2D eigenvalue weighted by atomic mass is 19.4. The minimum atomic E-state index is -4.48. The first-order valence-corrected chi connectivity index (χ1v) is 10.6. The van der Waals surface area contributed by atoms with Crippen molar-refractivity contribution in [3.05, 3.63) is 46.6 Å². The number of aliphatic hydroxyl groups is 1. The SMILES string of the molecule is COc1nn(C)c2nc(C)c(CCC(=O)NCC(O)COc3cccc(C(F)(F)F)c3)c(C)c12. The first-order chi connectivity index (χ1) is 16.0. The fourth-order valence-corrected chi connectivity index (χ4v) is 3.68. The maximum atomic E-state index is 12.8. The van der Waals surface area contributed by atoms with E-state index in [2.05, 4.69) is 15.4 Å². The molecule has 1 unspecified atom stereocenters. The zero-order valence-corrected chi connectivity index (χ0v) is 19.4. The molecule has 0 radical (unpaired) electrons. The molecule has 184 valence electrons. The number of aryl methyl sites for hydroxylation is 3. The number of carbonyl (C=O) groups is 1. The number of nitrogens with one attached hydrogen (secondary N) is 1. The fraction of sp³-hybridized carbons (Fsp3) is 0.435. The fourth-order valence-electron chi connectivity index (χ4n) is 3.68. The number of aromatic nitrogens is 3. The Morgan fingerprint density at radius 2 is 2.03 bits per heavy atom. The summed E-state index contributed by atoms with van der Waals surface area (Å²) in [6.07, 6.45) is -4.97. The molecule has 1 aromatic carbocycles. The Labute approximate surface area is 194 Å². The second-order valence-electron chi connectivity index (χ2n) is 7.93. The zero-order chi connectivity index (χ0) is 25.0. The molecule has 0 aliphatic rings. The van der Waals surface area contributed by atoms with Crippen molar-refractivity contribution in [2.75, 3.05) is 20.3 Å². The first kappa shape index (κ1) is 25.3. The lowest BCUT2D eigenvalue weighted by Crippen LogP contribution is -2.35. The van der Waals surface area contributed by atoms with Gasteiger partial charge < -0.3 is 19.9 Å². The summed E-state index contributed by atoms with van der Waals surface area (Å²) >= 11 is 0. The molecule has 0 saturated carbocycles. The molecule has 2 heterocycles. The van der Waals surface area contributed by atoms with E-state index in [0.29, 0.717) is 17.9 Å². The van der Waals surface area contributed by atoms with E-state index in [0.717, 1.165) is 34.3 Å². The topological polar surface area (TPSA) is 98.5 Å². The summed E-state index contributed by atoms with van der Waals surface area (Å²) in [7, 11) is 3.32. The van der Waals surface area contributed by atoms with Gasteiger partial charge >= 0.3 is 6.18 Å². The summed E-state index contributed by atoms with van der Waals surface area (Å²) in [5, 5.41) is 17.8. The van der Waals surface area contributed by atoms with E-state index < -0.39 is 17.8 Å². The highest BCUT2D eigenvalue weighted by Crippen LogP contribution is 2.32. The summed E-state index contributed by atoms with van der Waals surface area (Å²) in [4.78, 5) is 16.9. The maximum Gasteiger partial charge on any atom is 0.416 e. The summed E-state index contributed by atoms with van der Waals surface area (Å²) in [5.41, 5.74) is 2.51. The zero-order valence-electron chi connectivity index (χ0n) is 19.4. The molecule has 11 heteroatoms. The van der Waals surface area contributed by atoms with Gasteiger partial charge in [-0.05, 0) is 49.6 Å². The molecule has 0 spiro atoms. The molecule has 34 heavy (non-hydrogen) atoms. The van der Waals surface area contributed by atoms with E-state index in [-0.39, 0.29) is 31.2 Å². The predicted octanol–water partition coefficient (Wildman–Crippen LogP) is 3.10. The van der Waals surface area contributed by atoms with Crippen molar-refractivity contribution in [1.29, 1.82) is 0 Å². The van der Waals surface area contributed by atoms with Crippen molar-refractivity contribution in [2.24, 2.45) is 7.05 Å². The number of alkyl halides is 3. The van der Waals surface area contributed by atoms with Crippen molar-refractivity contribution >= 4 is 16.9 Å². The van der Waals surface area contributed by atoms with Crippen LogP contribution in [0.15, 0.2) is 24.3 Å². The van der Waals surface area contributed by atoms with Crippen molar-refractivity contribution in [1.82, 2.24) is 20.1 Å². The average Bonchev–Trinajstić information content (AvgIpc) is 3.11. The lowest BCUT2D eigenvalue weighted by molar-refractivity contribution is -0.137. The molecular weight excluding hydrogens is 453 g/mol. The van der Waals surface area contributed by atoms with E-state index in [1.807, 2.05) is 13.8 Å². The third kappa shape index (κ3) is 5.77. The van der Waals surface area contributed by atoms with Gasteiger partial charge in [0.25, 0.3) is 0 Å². The minimum Gasteiger partial charge on any atom is -0.491 e. The number of halogens is 3. The normalized spacial score (nSPS) is 12.6. The molecule has 0 aliphatic carbocycles. The number of rotatable bonds is 9. The van der Waals surface area contributed by atoms with Gasteiger partial charge in [0, 0.05) is 25.7 Å². The molecule has 0 saturated heterocycles. The number of hydrogen-bond donors (Lipinski definition) is 2. The van der Waals surface area contributed by atoms with Crippen LogP contribution in [0, 0.1) is 13.8 Å². The van der Waals surface area contributed by atoms with Crippen LogP contribution >= 0.6 is 0 Å². The molecule has 8 nitrogen and oxygen atoms in total. The largest absolute Gasteiger partial charge is 0.491 e. The van der Waals surface area contributed by atoms with Crippen LogP contribution in [0.4, 0.5) is 13.2 Å². The van der Waals surface area contributed by atoms with Crippen LogP contribution in [0.2, 0.25) is 0 Å². The number of methoxy groups -OCH3 is 1. The van der Waals surface area contributed by atoms with Gasteiger partial charge in [-0.3, -0.25) is 4.79 Å². The summed E-state index contributed by atoms with van der Waals surface area (Å²) < 4.78 is 50.5. The highest BCUT2D eigenvalue weighted by Gasteiger charge is 2.30. The number of pyridine rings is 1. The van der Waals surface area contributed by atoms with Crippen LogP contribution in [0.25, 0.3) is 11.0 Å². The van der Waals surface area contributed by atoms with E-state index in [4.69, 9.17) is 9.47 Å². The lowest BCUT2D eigenvalue weighted by atomic mass is 10.00. The van der Waals surface area contributed by atoms with E-state index in [1.54, 1.807) is 11.7 Å². The number of fused-ring (bicyclic) bond motifs is 1. The lowest BCUT2D eigenvalue weighted by Gasteiger charge is -2.15. The standard InChI is InChI=1S/C23H27F3N4O4/c1-13-18(14(2)28-21-20(13)22(33-4)29-30(21)3)8-9-19(32)27-11-16(31)12-34-17-7-5-6-15(10-17)23(24,25)26/h5-7,10,16,31H,8-9,11-12H2,1-4H3,(H,27,32). The highest BCUT2D eigenvalue weighted by molar-refractivity contribution is 5.86. The number of aliphatic hydroxyl groups excluding tert-OH is 1. The van der Waals surface area contributed by atoms with Crippen LogP contribution in [0.3, 0.4) is 0 Å². The van der Waals surface area contributed by atoms with Crippen molar-refractivity contribution in [3.63, 3.8) is 0 Å². The Kier molecular flexibility index (Phi) is 7.65. The predicted molar refractivity (Wildman–Crippen MR) is 119 cm³/mol. The molecule has 1 amide bonds. The monoisotopic (exact) mass is 480 g/mol. The number of amides is 1. The van der Waals surface area contributed by atoms with Crippen LogP contribution in [-0.4, -0.2) is 52.1 Å². The third-order valence-corrected chi connectivity index (χ3v) is 5.46. The van der Waals surface area contributed by atoms with Crippen LogP contribution in [-0.2, 0) is 24.4 Å². The molecule has 0 fully saturated rings. The van der Waals surface area contributed by atoms with Crippen molar-refractivity contribution < 1.29 is 32.5 Å². The number of benzene rings is 1. The van der Waals surface area contributed by atoms with Gasteiger partial charge in [0.2, 0.25) is 11.8 Å². The first-order valence-electron chi connectivity index (χ1n) is 10.6. The van der Waals surface area contributed by atoms with Gasteiger partial charge in [-0.25, -0.2) is 9.67 Å². The van der Waals surface area contributed by atoms with Gasteiger partial charge in [0.1, 0.15) is 18.5 Å². The van der Waals surface area contributed by atoms with Crippen LogP contribution in [0.1, 0.15) is 28.8 Å². The summed E-state index contributed by atoms with van der Waals surface area (Å²) in [6.45, 7) is 3.45. The quantitative estimate of drug-likeness (QED) is 0.489. The number of hydrogen-bond acceptors (Lipinski definition) is 6.